The van der Waals surface area contributed by atoms with Gasteiger partial charge in [-0.1, -0.05) is 0 Å². The van der Waals surface area contributed by atoms with Gasteiger partial charge in [0, 0.05) is 6.42 Å². The van der Waals surface area contributed by atoms with Gasteiger partial charge in [-0.2, -0.15) is 15.5 Å². The number of nitriles is 1. The molecule has 0 amide bonds. The normalized spacial score (nSPS) is 15.7. The van der Waals surface area contributed by atoms with Crippen LogP contribution in [0.25, 0.3) is 0 Å². The first-order valence-corrected chi connectivity index (χ1v) is 5.26. The summed E-state index contributed by atoms with van der Waals surface area (Å²) in [5, 5.41) is 25.6. The van der Waals surface area contributed by atoms with Crippen molar-refractivity contribution in [2.75, 3.05) is 0 Å². The van der Waals surface area contributed by atoms with E-state index in [0.29, 0.717) is 12.8 Å². The molecule has 0 saturated heterocycles. The Morgan fingerprint density at radius 1 is 1.31 bits per heavy atom. The van der Waals surface area contributed by atoms with Crippen molar-refractivity contribution >= 4 is 5.97 Å². The van der Waals surface area contributed by atoms with Crippen LogP contribution in [-0.4, -0.2) is 22.2 Å². The number of aliphatic carboxylic acids is 1. The molecule has 0 aliphatic carbocycles. The van der Waals surface area contributed by atoms with Crippen LogP contribution < -0.4 is 0 Å². The minimum absolute atomic E-state index is 0.0578. The van der Waals surface area contributed by atoms with Gasteiger partial charge in [-0.3, -0.25) is 4.79 Å². The van der Waals surface area contributed by atoms with Gasteiger partial charge in [0.1, 0.15) is 0 Å². The molecule has 0 saturated carbocycles. The van der Waals surface area contributed by atoms with Crippen molar-refractivity contribution in [2.24, 2.45) is 10.2 Å². The topological polar surface area (TPSA) is 85.8 Å². The van der Waals surface area contributed by atoms with Gasteiger partial charge >= 0.3 is 5.97 Å². The zero-order valence-corrected chi connectivity index (χ0v) is 10.3. The number of nitrogens with zero attached hydrogens (tertiary/aromatic N) is 3. The Balaban J connectivity index is 4.39. The zero-order chi connectivity index (χ0) is 12.8. The standard InChI is InChI=1S/C11H19N3O2/c1-10(2,3)13-14-11(4,8-12)7-5-6-9(15)16/h5-7H2,1-4H3,(H,15,16). The fourth-order valence-corrected chi connectivity index (χ4v) is 0.972. The monoisotopic (exact) mass is 225 g/mol. The van der Waals surface area contributed by atoms with E-state index in [-0.39, 0.29) is 12.0 Å². The summed E-state index contributed by atoms with van der Waals surface area (Å²) in [7, 11) is 0. The van der Waals surface area contributed by atoms with Crippen LogP contribution in [0.2, 0.25) is 0 Å². The van der Waals surface area contributed by atoms with Crippen LogP contribution in [0.15, 0.2) is 10.2 Å². The average molecular weight is 225 g/mol. The number of rotatable bonds is 5. The highest BCUT2D eigenvalue weighted by atomic mass is 16.4. The average Bonchev–Trinajstić information content (AvgIpc) is 2.13. The Morgan fingerprint density at radius 2 is 1.88 bits per heavy atom. The van der Waals surface area contributed by atoms with Crippen LogP contribution in [0.4, 0.5) is 0 Å². The number of carboxylic acid groups (broad SMARTS) is 1. The molecule has 90 valence electrons. The van der Waals surface area contributed by atoms with Crippen LogP contribution in [0.3, 0.4) is 0 Å². The second-order valence-electron chi connectivity index (χ2n) is 5.00. The van der Waals surface area contributed by atoms with Gasteiger partial charge in [0.25, 0.3) is 0 Å². The van der Waals surface area contributed by atoms with Crippen molar-refractivity contribution < 1.29 is 9.90 Å². The lowest BCUT2D eigenvalue weighted by atomic mass is 9.98. The number of carbonyl (C=O) groups is 1. The third kappa shape index (κ3) is 6.93. The van der Waals surface area contributed by atoms with Gasteiger partial charge in [0.15, 0.2) is 5.54 Å². The molecule has 5 nitrogen and oxygen atoms in total. The van der Waals surface area contributed by atoms with E-state index < -0.39 is 11.5 Å². The Labute approximate surface area is 96.2 Å². The lowest BCUT2D eigenvalue weighted by molar-refractivity contribution is -0.137. The van der Waals surface area contributed by atoms with Crippen LogP contribution in [0, 0.1) is 11.3 Å². The molecule has 0 aromatic rings. The molecule has 1 atom stereocenters. The Bertz CT molecular complexity index is 312. The van der Waals surface area contributed by atoms with E-state index >= 15 is 0 Å². The van der Waals surface area contributed by atoms with E-state index in [9.17, 15) is 4.79 Å². The first kappa shape index (κ1) is 14.6. The van der Waals surface area contributed by atoms with E-state index in [4.69, 9.17) is 10.4 Å². The Kier molecular flexibility index (Phi) is 5.09. The van der Waals surface area contributed by atoms with Crippen molar-refractivity contribution in [3.8, 4) is 6.07 Å². The summed E-state index contributed by atoms with van der Waals surface area (Å²) in [6, 6.07) is 2.07. The molecular weight excluding hydrogens is 206 g/mol. The summed E-state index contributed by atoms with van der Waals surface area (Å²) in [6.07, 6.45) is 0.903. The molecule has 5 heteroatoms. The minimum atomic E-state index is -0.914. The first-order chi connectivity index (χ1) is 7.18. The van der Waals surface area contributed by atoms with E-state index in [1.165, 1.54) is 0 Å². The lowest BCUT2D eigenvalue weighted by Crippen LogP contribution is -2.21. The molecule has 0 aliphatic rings. The molecule has 0 bridgehead atoms. The summed E-state index contributed by atoms with van der Waals surface area (Å²) in [4.78, 5) is 10.4. The molecule has 0 spiro atoms. The number of azo groups is 1. The summed E-state index contributed by atoms with van der Waals surface area (Å²) < 4.78 is 0. The third-order valence-electron chi connectivity index (χ3n) is 1.87. The van der Waals surface area contributed by atoms with Gasteiger partial charge in [0.05, 0.1) is 11.6 Å². The van der Waals surface area contributed by atoms with Gasteiger partial charge in [-0.25, -0.2) is 0 Å². The van der Waals surface area contributed by atoms with Crippen LogP contribution in [0.5, 0.6) is 0 Å². The molecule has 0 rings (SSSR count). The smallest absolute Gasteiger partial charge is 0.303 e. The van der Waals surface area contributed by atoms with Crippen LogP contribution in [0.1, 0.15) is 47.0 Å². The maximum Gasteiger partial charge on any atom is 0.303 e. The molecule has 0 heterocycles. The Hall–Kier alpha value is -1.44. The highest BCUT2D eigenvalue weighted by molar-refractivity contribution is 5.66. The van der Waals surface area contributed by atoms with E-state index in [2.05, 4.69) is 16.3 Å². The van der Waals surface area contributed by atoms with Crippen molar-refractivity contribution in [2.45, 2.75) is 58.0 Å². The number of hydrogen-bond donors (Lipinski definition) is 1. The van der Waals surface area contributed by atoms with Crippen molar-refractivity contribution in [1.29, 1.82) is 5.26 Å². The maximum atomic E-state index is 10.4. The molecule has 0 aromatic carbocycles. The highest BCUT2D eigenvalue weighted by Gasteiger charge is 2.24. The summed E-state index contributed by atoms with van der Waals surface area (Å²) in [5.74, 6) is -0.854. The molecule has 1 unspecified atom stereocenters. The predicted octanol–water partition coefficient (Wildman–Crippen LogP) is 2.77. The first-order valence-electron chi connectivity index (χ1n) is 5.26. The molecule has 0 aromatic heterocycles. The van der Waals surface area contributed by atoms with Gasteiger partial charge in [0.2, 0.25) is 0 Å². The molecule has 0 radical (unpaired) electrons. The largest absolute Gasteiger partial charge is 0.481 e. The summed E-state index contributed by atoms with van der Waals surface area (Å²) >= 11 is 0. The van der Waals surface area contributed by atoms with Crippen molar-refractivity contribution in [3.63, 3.8) is 0 Å². The predicted molar refractivity (Wildman–Crippen MR) is 60.1 cm³/mol. The van der Waals surface area contributed by atoms with Gasteiger partial charge < -0.3 is 5.11 Å². The van der Waals surface area contributed by atoms with E-state index in [1.807, 2.05) is 20.8 Å². The SMILES string of the molecule is CC(C)(C)N=NC(C)(C#N)CCCC(=O)O. The molecule has 16 heavy (non-hydrogen) atoms. The number of hydrogen-bond acceptors (Lipinski definition) is 4. The summed E-state index contributed by atoms with van der Waals surface area (Å²) in [6.45, 7) is 7.35. The van der Waals surface area contributed by atoms with Crippen LogP contribution >= 0.6 is 0 Å². The highest BCUT2D eigenvalue weighted by Crippen LogP contribution is 2.20. The fraction of sp³-hybridized carbons (Fsp3) is 0.818. The quantitative estimate of drug-likeness (QED) is 0.730. The van der Waals surface area contributed by atoms with E-state index in [0.717, 1.165) is 0 Å². The van der Waals surface area contributed by atoms with Gasteiger partial charge in [-0.15, -0.1) is 0 Å². The second kappa shape index (κ2) is 5.59. The second-order valence-corrected chi connectivity index (χ2v) is 5.00. The third-order valence-corrected chi connectivity index (χ3v) is 1.87. The van der Waals surface area contributed by atoms with Gasteiger partial charge in [-0.05, 0) is 40.5 Å². The molecular formula is C11H19N3O2. The molecule has 1 N–H and O–H groups in total. The number of carboxylic acids is 1. The van der Waals surface area contributed by atoms with E-state index in [1.54, 1.807) is 6.92 Å². The molecule has 0 fully saturated rings. The maximum absolute atomic E-state index is 10.4. The molecule has 0 aliphatic heterocycles. The van der Waals surface area contributed by atoms with Crippen molar-refractivity contribution in [3.05, 3.63) is 0 Å². The fourth-order valence-electron chi connectivity index (χ4n) is 0.972. The zero-order valence-electron chi connectivity index (χ0n) is 10.3. The minimum Gasteiger partial charge on any atom is -0.481 e. The summed E-state index contributed by atoms with van der Waals surface area (Å²) in [5.41, 5.74) is -1.23. The Morgan fingerprint density at radius 3 is 2.25 bits per heavy atom. The lowest BCUT2D eigenvalue weighted by Gasteiger charge is -2.17. The van der Waals surface area contributed by atoms with Crippen molar-refractivity contribution in [1.82, 2.24) is 0 Å². The van der Waals surface area contributed by atoms with Crippen LogP contribution in [-0.2, 0) is 4.79 Å².